The number of hydrogen-bond acceptors (Lipinski definition) is 2. The van der Waals surface area contributed by atoms with Crippen LogP contribution in [-0.2, 0) is 11.3 Å². The van der Waals surface area contributed by atoms with Crippen molar-refractivity contribution in [1.29, 1.82) is 0 Å². The van der Waals surface area contributed by atoms with Crippen molar-refractivity contribution in [3.8, 4) is 0 Å². The molecule has 2 rings (SSSR count). The monoisotopic (exact) mass is 431 g/mol. The molecule has 0 aliphatic rings. The first-order valence-corrected chi connectivity index (χ1v) is 8.02. The zero-order valence-electron chi connectivity index (χ0n) is 11.1. The van der Waals surface area contributed by atoms with Gasteiger partial charge in [-0.15, -0.1) is 0 Å². The Morgan fingerprint density at radius 3 is 2.67 bits per heavy atom. The van der Waals surface area contributed by atoms with Crippen LogP contribution in [0.1, 0.15) is 15.9 Å². The first kappa shape index (κ1) is 16.5. The number of halogens is 3. The van der Waals surface area contributed by atoms with E-state index < -0.39 is 0 Å². The van der Waals surface area contributed by atoms with E-state index >= 15 is 0 Å². The quantitative estimate of drug-likeness (QED) is 0.714. The van der Waals surface area contributed by atoms with Crippen LogP contribution in [0, 0.1) is 0 Å². The second-order valence-electron chi connectivity index (χ2n) is 4.28. The fourth-order valence-electron chi connectivity index (χ4n) is 1.80. The van der Waals surface area contributed by atoms with Crippen LogP contribution in [-0.4, -0.2) is 13.0 Å². The van der Waals surface area contributed by atoms with E-state index in [9.17, 15) is 4.79 Å². The van der Waals surface area contributed by atoms with E-state index in [1.807, 2.05) is 18.2 Å². The maximum Gasteiger partial charge on any atom is 0.255 e. The molecule has 0 fully saturated rings. The Balaban J connectivity index is 2.27. The van der Waals surface area contributed by atoms with Crippen LogP contribution in [0.3, 0.4) is 0 Å². The molecule has 0 heterocycles. The van der Waals surface area contributed by atoms with E-state index in [1.165, 1.54) is 0 Å². The lowest BCUT2D eigenvalue weighted by Crippen LogP contribution is -2.13. The van der Waals surface area contributed by atoms with Gasteiger partial charge >= 0.3 is 0 Å². The van der Waals surface area contributed by atoms with Gasteiger partial charge in [0.1, 0.15) is 0 Å². The van der Waals surface area contributed by atoms with E-state index in [-0.39, 0.29) is 5.91 Å². The first-order chi connectivity index (χ1) is 10.0. The molecule has 0 saturated carbocycles. The minimum Gasteiger partial charge on any atom is -0.380 e. The molecule has 0 aromatic heterocycles. The maximum absolute atomic E-state index is 12.3. The Morgan fingerprint density at radius 2 is 2.00 bits per heavy atom. The standard InChI is InChI=1S/C15H12Br2ClNO2/c1-21-8-10-11(16)3-2-4-14(10)19-15(20)9-5-6-12(17)13(18)7-9/h2-7H,8H2,1H3,(H,19,20). The zero-order valence-corrected chi connectivity index (χ0v) is 15.0. The molecule has 1 N–H and O–H groups in total. The van der Waals surface area contributed by atoms with Gasteiger partial charge in [0.25, 0.3) is 5.91 Å². The number of rotatable bonds is 4. The van der Waals surface area contributed by atoms with Crippen LogP contribution in [0.25, 0.3) is 0 Å². The Hall–Kier alpha value is -0.880. The average molecular weight is 434 g/mol. The lowest BCUT2D eigenvalue weighted by atomic mass is 10.1. The van der Waals surface area contributed by atoms with Crippen LogP contribution >= 0.6 is 43.5 Å². The number of benzene rings is 2. The predicted octanol–water partition coefficient (Wildman–Crippen LogP) is 5.26. The average Bonchev–Trinajstić information content (AvgIpc) is 2.45. The molecule has 0 aliphatic carbocycles. The topological polar surface area (TPSA) is 38.3 Å². The summed E-state index contributed by atoms with van der Waals surface area (Å²) in [6.07, 6.45) is 0. The van der Waals surface area contributed by atoms with Gasteiger partial charge in [-0.1, -0.05) is 33.6 Å². The molecule has 21 heavy (non-hydrogen) atoms. The molecular formula is C15H12Br2ClNO2. The Bertz CT molecular complexity index is 677. The molecule has 2 aromatic rings. The number of anilines is 1. The minimum absolute atomic E-state index is 0.222. The lowest BCUT2D eigenvalue weighted by molar-refractivity contribution is 0.102. The van der Waals surface area contributed by atoms with E-state index in [4.69, 9.17) is 16.3 Å². The van der Waals surface area contributed by atoms with Crippen LogP contribution in [0.4, 0.5) is 5.69 Å². The SMILES string of the molecule is COCc1c(Br)cccc1NC(=O)c1ccc(Br)c(Cl)c1. The highest BCUT2D eigenvalue weighted by Crippen LogP contribution is 2.27. The van der Waals surface area contributed by atoms with Gasteiger partial charge in [0, 0.05) is 32.9 Å². The first-order valence-electron chi connectivity index (χ1n) is 6.05. The van der Waals surface area contributed by atoms with Crippen LogP contribution in [0.15, 0.2) is 45.3 Å². The molecule has 0 atom stereocenters. The lowest BCUT2D eigenvalue weighted by Gasteiger charge is -2.12. The zero-order chi connectivity index (χ0) is 15.4. The van der Waals surface area contributed by atoms with Gasteiger partial charge in [-0.25, -0.2) is 0 Å². The third-order valence-corrected chi connectivity index (χ3v) is 4.81. The summed E-state index contributed by atoms with van der Waals surface area (Å²) >= 11 is 12.8. The summed E-state index contributed by atoms with van der Waals surface area (Å²) in [5.41, 5.74) is 2.08. The molecule has 0 spiro atoms. The molecule has 0 bridgehead atoms. The number of hydrogen-bond donors (Lipinski definition) is 1. The number of carbonyl (C=O) groups is 1. The third kappa shape index (κ3) is 4.07. The molecule has 0 unspecified atom stereocenters. The van der Waals surface area contributed by atoms with Crippen molar-refractivity contribution in [2.24, 2.45) is 0 Å². The van der Waals surface area contributed by atoms with Crippen molar-refractivity contribution in [2.45, 2.75) is 6.61 Å². The summed E-state index contributed by atoms with van der Waals surface area (Å²) in [6.45, 7) is 0.401. The summed E-state index contributed by atoms with van der Waals surface area (Å²) < 4.78 is 6.80. The van der Waals surface area contributed by atoms with Gasteiger partial charge in [-0.2, -0.15) is 0 Å². The molecule has 1 amide bonds. The maximum atomic E-state index is 12.3. The van der Waals surface area contributed by atoms with Crippen LogP contribution in [0.5, 0.6) is 0 Å². The van der Waals surface area contributed by atoms with Gasteiger partial charge in [0.15, 0.2) is 0 Å². The largest absolute Gasteiger partial charge is 0.380 e. The Morgan fingerprint density at radius 1 is 1.24 bits per heavy atom. The summed E-state index contributed by atoms with van der Waals surface area (Å²) in [5.74, 6) is -0.222. The Labute approximate surface area is 144 Å². The van der Waals surface area contributed by atoms with Crippen LogP contribution < -0.4 is 5.32 Å². The predicted molar refractivity (Wildman–Crippen MR) is 92.0 cm³/mol. The second-order valence-corrected chi connectivity index (χ2v) is 6.40. The number of ether oxygens (including phenoxy) is 1. The fraction of sp³-hybridized carbons (Fsp3) is 0.133. The molecule has 0 aliphatic heterocycles. The van der Waals surface area contributed by atoms with Crippen LogP contribution in [0.2, 0.25) is 5.02 Å². The number of amides is 1. The van der Waals surface area contributed by atoms with Gasteiger partial charge in [-0.3, -0.25) is 4.79 Å². The second kappa shape index (κ2) is 7.40. The van der Waals surface area contributed by atoms with Crippen molar-refractivity contribution in [3.05, 3.63) is 61.5 Å². The summed E-state index contributed by atoms with van der Waals surface area (Å²) in [7, 11) is 1.61. The summed E-state index contributed by atoms with van der Waals surface area (Å²) in [6, 6.07) is 10.7. The van der Waals surface area contributed by atoms with Crippen molar-refractivity contribution < 1.29 is 9.53 Å². The molecule has 0 radical (unpaired) electrons. The highest BCUT2D eigenvalue weighted by atomic mass is 79.9. The van der Waals surface area contributed by atoms with Gasteiger partial charge in [0.2, 0.25) is 0 Å². The molecule has 0 saturated heterocycles. The minimum atomic E-state index is -0.222. The molecule has 2 aromatic carbocycles. The number of nitrogens with one attached hydrogen (secondary N) is 1. The molecule has 6 heteroatoms. The molecule has 3 nitrogen and oxygen atoms in total. The number of carbonyl (C=O) groups excluding carboxylic acids is 1. The fourth-order valence-corrected chi connectivity index (χ4v) is 2.71. The smallest absolute Gasteiger partial charge is 0.255 e. The van der Waals surface area contributed by atoms with Gasteiger partial charge in [0.05, 0.1) is 11.6 Å². The van der Waals surface area contributed by atoms with Crippen molar-refractivity contribution in [1.82, 2.24) is 0 Å². The van der Waals surface area contributed by atoms with Gasteiger partial charge in [-0.05, 0) is 46.3 Å². The van der Waals surface area contributed by atoms with Crippen molar-refractivity contribution in [3.63, 3.8) is 0 Å². The Kier molecular flexibility index (Phi) is 5.81. The number of methoxy groups -OCH3 is 1. The molecule has 110 valence electrons. The van der Waals surface area contributed by atoms with E-state index in [1.54, 1.807) is 25.3 Å². The normalized spacial score (nSPS) is 10.5. The van der Waals surface area contributed by atoms with Gasteiger partial charge < -0.3 is 10.1 Å². The van der Waals surface area contributed by atoms with E-state index in [0.29, 0.717) is 22.9 Å². The highest BCUT2D eigenvalue weighted by molar-refractivity contribution is 9.10. The van der Waals surface area contributed by atoms with Crippen molar-refractivity contribution >= 4 is 55.1 Å². The third-order valence-electron chi connectivity index (χ3n) is 2.84. The highest BCUT2D eigenvalue weighted by Gasteiger charge is 2.12. The summed E-state index contributed by atoms with van der Waals surface area (Å²) in [5, 5.41) is 3.37. The van der Waals surface area contributed by atoms with E-state index in [2.05, 4.69) is 37.2 Å². The molecular weight excluding hydrogens is 421 g/mol. The summed E-state index contributed by atoms with van der Waals surface area (Å²) in [4.78, 5) is 12.3. The van der Waals surface area contributed by atoms with E-state index in [0.717, 1.165) is 14.5 Å². The van der Waals surface area contributed by atoms with Crippen molar-refractivity contribution in [2.75, 3.05) is 12.4 Å².